The van der Waals surface area contributed by atoms with Crippen LogP contribution in [-0.2, 0) is 0 Å². The van der Waals surface area contributed by atoms with Gasteiger partial charge in [-0.1, -0.05) is 42.5 Å². The molecule has 0 radical (unpaired) electrons. The van der Waals surface area contributed by atoms with Crippen molar-refractivity contribution in [2.75, 3.05) is 0 Å². The van der Waals surface area contributed by atoms with E-state index in [9.17, 15) is 9.18 Å². The molecule has 5 heteroatoms. The number of benzene rings is 2. The molecule has 2 aromatic carbocycles. The Balaban J connectivity index is 1.96. The van der Waals surface area contributed by atoms with E-state index in [0.29, 0.717) is 11.3 Å². The summed E-state index contributed by atoms with van der Waals surface area (Å²) in [7, 11) is 0. The molecule has 23 heavy (non-hydrogen) atoms. The van der Waals surface area contributed by atoms with Crippen molar-refractivity contribution in [3.63, 3.8) is 0 Å². The lowest BCUT2D eigenvalue weighted by Crippen LogP contribution is -2.14. The van der Waals surface area contributed by atoms with Gasteiger partial charge in [-0.2, -0.15) is 9.61 Å². The van der Waals surface area contributed by atoms with Gasteiger partial charge in [-0.15, -0.1) is 0 Å². The van der Waals surface area contributed by atoms with E-state index < -0.39 is 0 Å². The van der Waals surface area contributed by atoms with E-state index in [1.165, 1.54) is 22.7 Å². The first-order valence-corrected chi connectivity index (χ1v) is 7.15. The van der Waals surface area contributed by atoms with E-state index in [1.807, 2.05) is 30.3 Å². The fourth-order valence-electron chi connectivity index (χ4n) is 2.60. The molecule has 2 heterocycles. The molecule has 0 aliphatic heterocycles. The molecule has 0 atom stereocenters. The Bertz CT molecular complexity index is 1030. The SMILES string of the molecule is O=c1cc(-c2ccccc2)[nH]c2c(-c3ccc(F)cc3)cnn12. The number of rotatable bonds is 2. The van der Waals surface area contributed by atoms with Gasteiger partial charge < -0.3 is 4.98 Å². The molecule has 2 aromatic heterocycles. The minimum absolute atomic E-state index is 0.217. The molecule has 0 fully saturated rings. The fraction of sp³-hybridized carbons (Fsp3) is 0. The minimum atomic E-state index is -0.302. The molecule has 112 valence electrons. The van der Waals surface area contributed by atoms with Crippen molar-refractivity contribution in [1.29, 1.82) is 0 Å². The van der Waals surface area contributed by atoms with Gasteiger partial charge in [0.25, 0.3) is 5.56 Å². The predicted octanol–water partition coefficient (Wildman–Crippen LogP) is 3.50. The summed E-state index contributed by atoms with van der Waals surface area (Å²) in [5.41, 5.74) is 3.54. The zero-order valence-corrected chi connectivity index (χ0v) is 12.0. The molecule has 4 nitrogen and oxygen atoms in total. The van der Waals surface area contributed by atoms with E-state index in [1.54, 1.807) is 18.3 Å². The van der Waals surface area contributed by atoms with Crippen LogP contribution in [0.4, 0.5) is 4.39 Å². The average Bonchev–Trinajstić information content (AvgIpc) is 3.01. The van der Waals surface area contributed by atoms with E-state index in [2.05, 4.69) is 10.1 Å². The quantitative estimate of drug-likeness (QED) is 0.616. The summed E-state index contributed by atoms with van der Waals surface area (Å²) >= 11 is 0. The van der Waals surface area contributed by atoms with Gasteiger partial charge in [0.05, 0.1) is 11.9 Å². The van der Waals surface area contributed by atoms with Gasteiger partial charge in [0.1, 0.15) is 11.5 Å². The Morgan fingerprint density at radius 2 is 1.70 bits per heavy atom. The van der Waals surface area contributed by atoms with E-state index in [4.69, 9.17) is 0 Å². The summed E-state index contributed by atoms with van der Waals surface area (Å²) in [6.45, 7) is 0. The molecule has 0 spiro atoms. The Hall–Kier alpha value is -3.21. The van der Waals surface area contributed by atoms with Crippen LogP contribution in [0, 0.1) is 5.82 Å². The van der Waals surface area contributed by atoms with Crippen LogP contribution in [0.25, 0.3) is 28.0 Å². The van der Waals surface area contributed by atoms with Gasteiger partial charge in [0.15, 0.2) is 0 Å². The van der Waals surface area contributed by atoms with Crippen molar-refractivity contribution in [1.82, 2.24) is 14.6 Å². The molecule has 4 rings (SSSR count). The van der Waals surface area contributed by atoms with E-state index >= 15 is 0 Å². The predicted molar refractivity (Wildman–Crippen MR) is 86.6 cm³/mol. The highest BCUT2D eigenvalue weighted by Gasteiger charge is 2.11. The van der Waals surface area contributed by atoms with Crippen molar-refractivity contribution in [2.45, 2.75) is 0 Å². The van der Waals surface area contributed by atoms with Crippen LogP contribution >= 0.6 is 0 Å². The first-order chi connectivity index (χ1) is 11.2. The van der Waals surface area contributed by atoms with Gasteiger partial charge in [0, 0.05) is 11.6 Å². The van der Waals surface area contributed by atoms with E-state index in [0.717, 1.165) is 16.7 Å². The fourth-order valence-corrected chi connectivity index (χ4v) is 2.60. The summed E-state index contributed by atoms with van der Waals surface area (Å²) in [6, 6.07) is 17.2. The lowest BCUT2D eigenvalue weighted by molar-refractivity contribution is 0.628. The molecule has 0 amide bonds. The van der Waals surface area contributed by atoms with Gasteiger partial charge in [-0.3, -0.25) is 4.79 Å². The second kappa shape index (κ2) is 5.21. The number of aromatic nitrogens is 3. The van der Waals surface area contributed by atoms with Crippen LogP contribution in [-0.4, -0.2) is 14.6 Å². The first-order valence-electron chi connectivity index (χ1n) is 7.15. The molecule has 0 bridgehead atoms. The zero-order valence-electron chi connectivity index (χ0n) is 12.0. The smallest absolute Gasteiger partial charge is 0.274 e. The maximum absolute atomic E-state index is 13.1. The third kappa shape index (κ3) is 2.32. The third-order valence-corrected chi connectivity index (χ3v) is 3.74. The van der Waals surface area contributed by atoms with Gasteiger partial charge in [0.2, 0.25) is 0 Å². The second-order valence-corrected chi connectivity index (χ2v) is 5.21. The third-order valence-electron chi connectivity index (χ3n) is 3.74. The van der Waals surface area contributed by atoms with Crippen molar-refractivity contribution < 1.29 is 4.39 Å². The number of hydrogen-bond acceptors (Lipinski definition) is 2. The largest absolute Gasteiger partial charge is 0.339 e. The molecular formula is C18H12FN3O. The van der Waals surface area contributed by atoms with Crippen molar-refractivity contribution in [3.05, 3.63) is 83.0 Å². The molecule has 0 aliphatic rings. The average molecular weight is 305 g/mol. The second-order valence-electron chi connectivity index (χ2n) is 5.21. The number of halogens is 1. The van der Waals surface area contributed by atoms with Crippen LogP contribution in [0.3, 0.4) is 0 Å². The zero-order chi connectivity index (χ0) is 15.8. The Kier molecular flexibility index (Phi) is 3.05. The highest BCUT2D eigenvalue weighted by molar-refractivity contribution is 5.78. The first kappa shape index (κ1) is 13.5. The molecule has 4 aromatic rings. The highest BCUT2D eigenvalue weighted by atomic mass is 19.1. The van der Waals surface area contributed by atoms with Crippen LogP contribution in [0.2, 0.25) is 0 Å². The summed E-state index contributed by atoms with van der Waals surface area (Å²) in [5.74, 6) is -0.302. The van der Waals surface area contributed by atoms with Crippen LogP contribution in [0.15, 0.2) is 71.7 Å². The monoisotopic (exact) mass is 305 g/mol. The Labute approximate surface area is 130 Å². The number of H-pyrrole nitrogens is 1. The maximum atomic E-state index is 13.1. The molecule has 1 N–H and O–H groups in total. The van der Waals surface area contributed by atoms with Gasteiger partial charge in [-0.05, 0) is 23.3 Å². The minimum Gasteiger partial charge on any atom is -0.339 e. The van der Waals surface area contributed by atoms with Crippen molar-refractivity contribution in [2.24, 2.45) is 0 Å². The Morgan fingerprint density at radius 3 is 2.43 bits per heavy atom. The summed E-state index contributed by atoms with van der Waals surface area (Å²) in [5, 5.41) is 4.13. The van der Waals surface area contributed by atoms with Gasteiger partial charge >= 0.3 is 0 Å². The topological polar surface area (TPSA) is 50.2 Å². The van der Waals surface area contributed by atoms with Crippen molar-refractivity contribution in [3.8, 4) is 22.4 Å². The summed E-state index contributed by atoms with van der Waals surface area (Å²) < 4.78 is 14.4. The lowest BCUT2D eigenvalue weighted by Gasteiger charge is -2.04. The maximum Gasteiger partial charge on any atom is 0.274 e. The molecule has 0 saturated carbocycles. The molecule has 0 unspecified atom stereocenters. The van der Waals surface area contributed by atoms with Crippen LogP contribution in [0.5, 0.6) is 0 Å². The van der Waals surface area contributed by atoms with Crippen LogP contribution in [0.1, 0.15) is 0 Å². The molecule has 0 saturated heterocycles. The number of nitrogens with one attached hydrogen (secondary N) is 1. The normalized spacial score (nSPS) is 11.0. The lowest BCUT2D eigenvalue weighted by atomic mass is 10.1. The van der Waals surface area contributed by atoms with Crippen LogP contribution < -0.4 is 5.56 Å². The number of nitrogens with zero attached hydrogens (tertiary/aromatic N) is 2. The number of aromatic amines is 1. The van der Waals surface area contributed by atoms with Gasteiger partial charge in [-0.25, -0.2) is 4.39 Å². The van der Waals surface area contributed by atoms with Crippen molar-refractivity contribution >= 4 is 5.65 Å². The number of hydrogen-bond donors (Lipinski definition) is 1. The Morgan fingerprint density at radius 1 is 0.957 bits per heavy atom. The number of fused-ring (bicyclic) bond motifs is 1. The van der Waals surface area contributed by atoms with E-state index in [-0.39, 0.29) is 11.4 Å². The standard InChI is InChI=1S/C18H12FN3O/c19-14-8-6-12(7-9-14)15-11-20-22-17(23)10-16(21-18(15)22)13-4-2-1-3-5-13/h1-11,21H. The molecular weight excluding hydrogens is 293 g/mol. The highest BCUT2D eigenvalue weighted by Crippen LogP contribution is 2.24. The summed E-state index contributed by atoms with van der Waals surface area (Å²) in [6.07, 6.45) is 1.61. The molecule has 0 aliphatic carbocycles. The summed E-state index contributed by atoms with van der Waals surface area (Å²) in [4.78, 5) is 15.5.